The number of hydrazine groups is 1. The van der Waals surface area contributed by atoms with Crippen LogP contribution in [0.2, 0.25) is 0 Å². The van der Waals surface area contributed by atoms with E-state index in [0.717, 1.165) is 24.5 Å². The van der Waals surface area contributed by atoms with Crippen molar-refractivity contribution in [2.45, 2.75) is 58.0 Å². The third-order valence-corrected chi connectivity index (χ3v) is 4.24. The van der Waals surface area contributed by atoms with E-state index in [9.17, 15) is 0 Å². The summed E-state index contributed by atoms with van der Waals surface area (Å²) in [6, 6.07) is 0. The molecule has 5 nitrogen and oxygen atoms in total. The highest BCUT2D eigenvalue weighted by molar-refractivity contribution is 5.46. The first-order valence-electron chi connectivity index (χ1n) is 7.81. The zero-order chi connectivity index (χ0) is 13.9. The Morgan fingerprint density at radius 1 is 1.25 bits per heavy atom. The number of hydrogen-bond donors (Lipinski definition) is 2. The lowest BCUT2D eigenvalue weighted by atomic mass is 10.1. The molecule has 110 valence electrons. The molecule has 2 aliphatic rings. The second-order valence-electron chi connectivity index (χ2n) is 5.77. The summed E-state index contributed by atoms with van der Waals surface area (Å²) < 4.78 is 5.88. The van der Waals surface area contributed by atoms with Crippen molar-refractivity contribution < 1.29 is 4.74 Å². The minimum atomic E-state index is 0.0423. The van der Waals surface area contributed by atoms with Crippen molar-refractivity contribution in [2.75, 3.05) is 12.0 Å². The minimum absolute atomic E-state index is 0.0423. The monoisotopic (exact) mass is 276 g/mol. The van der Waals surface area contributed by atoms with E-state index >= 15 is 0 Å². The van der Waals surface area contributed by atoms with Crippen LogP contribution in [-0.2, 0) is 17.6 Å². The fourth-order valence-corrected chi connectivity index (χ4v) is 3.04. The van der Waals surface area contributed by atoms with Gasteiger partial charge in [0, 0.05) is 17.9 Å². The number of fused-ring (bicyclic) bond motifs is 1. The maximum atomic E-state index is 5.88. The van der Waals surface area contributed by atoms with Gasteiger partial charge in [0.1, 0.15) is 11.9 Å². The largest absolute Gasteiger partial charge is 0.370 e. The van der Waals surface area contributed by atoms with Crippen molar-refractivity contribution >= 4 is 5.82 Å². The Morgan fingerprint density at radius 2 is 2.05 bits per heavy atom. The van der Waals surface area contributed by atoms with E-state index < -0.39 is 0 Å². The van der Waals surface area contributed by atoms with Crippen molar-refractivity contribution in [3.63, 3.8) is 0 Å². The number of nitrogens with zero attached hydrogens (tertiary/aromatic N) is 2. The van der Waals surface area contributed by atoms with Crippen molar-refractivity contribution in [3.8, 4) is 0 Å². The van der Waals surface area contributed by atoms with Gasteiger partial charge in [0.05, 0.1) is 0 Å². The first kappa shape index (κ1) is 13.8. The molecule has 0 radical (unpaired) electrons. The van der Waals surface area contributed by atoms with Gasteiger partial charge in [-0.2, -0.15) is 0 Å². The fraction of sp³-hybridized carbons (Fsp3) is 0.733. The Labute approximate surface area is 120 Å². The third-order valence-electron chi connectivity index (χ3n) is 4.24. The van der Waals surface area contributed by atoms with Gasteiger partial charge < -0.3 is 10.2 Å². The highest BCUT2D eigenvalue weighted by Crippen LogP contribution is 2.42. The smallest absolute Gasteiger partial charge is 0.160 e. The van der Waals surface area contributed by atoms with Crippen LogP contribution in [0.3, 0.4) is 0 Å². The van der Waals surface area contributed by atoms with Gasteiger partial charge in [-0.05, 0) is 51.4 Å². The van der Waals surface area contributed by atoms with Gasteiger partial charge >= 0.3 is 0 Å². The quantitative estimate of drug-likeness (QED) is 0.491. The van der Waals surface area contributed by atoms with E-state index in [4.69, 9.17) is 15.6 Å². The molecule has 1 aromatic heterocycles. The number of aryl methyl sites for hydroxylation is 1. The highest BCUT2D eigenvalue weighted by atomic mass is 16.5. The van der Waals surface area contributed by atoms with Crippen LogP contribution in [0.25, 0.3) is 0 Å². The van der Waals surface area contributed by atoms with Crippen molar-refractivity contribution in [3.05, 3.63) is 17.1 Å². The molecule has 0 aromatic carbocycles. The van der Waals surface area contributed by atoms with E-state index in [0.29, 0.717) is 12.5 Å². The Balaban J connectivity index is 1.96. The number of nitrogens with two attached hydrogens (primary N) is 1. The van der Waals surface area contributed by atoms with E-state index in [-0.39, 0.29) is 6.10 Å². The van der Waals surface area contributed by atoms with Crippen LogP contribution in [0.5, 0.6) is 0 Å². The first-order valence-corrected chi connectivity index (χ1v) is 7.81. The Bertz CT molecular complexity index is 473. The maximum Gasteiger partial charge on any atom is 0.160 e. The van der Waals surface area contributed by atoms with Crippen LogP contribution >= 0.6 is 0 Å². The summed E-state index contributed by atoms with van der Waals surface area (Å²) in [5, 5.41) is 0. The summed E-state index contributed by atoms with van der Waals surface area (Å²) >= 11 is 0. The molecule has 1 heterocycles. The zero-order valence-electron chi connectivity index (χ0n) is 12.2. The molecule has 0 bridgehead atoms. The van der Waals surface area contributed by atoms with Crippen molar-refractivity contribution in [2.24, 2.45) is 11.8 Å². The van der Waals surface area contributed by atoms with Crippen LogP contribution in [0, 0.1) is 5.92 Å². The molecule has 0 spiro atoms. The summed E-state index contributed by atoms with van der Waals surface area (Å²) in [4.78, 5) is 9.48. The number of nitrogen functional groups attached to an aromatic ring is 1. The average molecular weight is 276 g/mol. The van der Waals surface area contributed by atoms with Crippen LogP contribution in [0.4, 0.5) is 5.82 Å². The molecule has 0 amide bonds. The predicted octanol–water partition coefficient (Wildman–Crippen LogP) is 2.52. The molecule has 1 unspecified atom stereocenters. The van der Waals surface area contributed by atoms with E-state index in [1.54, 1.807) is 0 Å². The summed E-state index contributed by atoms with van der Waals surface area (Å²) in [7, 11) is 0. The fourth-order valence-electron chi connectivity index (χ4n) is 3.04. The van der Waals surface area contributed by atoms with Gasteiger partial charge in [0.15, 0.2) is 5.82 Å². The lowest BCUT2D eigenvalue weighted by molar-refractivity contribution is 0.0399. The third kappa shape index (κ3) is 2.79. The van der Waals surface area contributed by atoms with Gasteiger partial charge in [-0.3, -0.25) is 0 Å². The summed E-state index contributed by atoms with van der Waals surface area (Å²) in [5.74, 6) is 7.89. The normalized spacial score (nSPS) is 20.1. The molecule has 0 saturated heterocycles. The molecule has 1 saturated carbocycles. The molecule has 2 aliphatic carbocycles. The lowest BCUT2D eigenvalue weighted by Gasteiger charge is -2.19. The molecular weight excluding hydrogens is 252 g/mol. The van der Waals surface area contributed by atoms with Gasteiger partial charge in [-0.25, -0.2) is 15.8 Å². The zero-order valence-corrected chi connectivity index (χ0v) is 12.2. The van der Waals surface area contributed by atoms with Crippen molar-refractivity contribution in [1.29, 1.82) is 0 Å². The topological polar surface area (TPSA) is 73.1 Å². The van der Waals surface area contributed by atoms with E-state index in [2.05, 4.69) is 10.4 Å². The highest BCUT2D eigenvalue weighted by Gasteiger charge is 2.35. The number of nitrogens with one attached hydrogen (secondary N) is 1. The molecule has 3 N–H and O–H groups in total. The molecular formula is C15H24N4O. The summed E-state index contributed by atoms with van der Waals surface area (Å²) in [6.45, 7) is 2.73. The molecule has 3 rings (SSSR count). The first-order chi connectivity index (χ1) is 9.83. The van der Waals surface area contributed by atoms with Crippen molar-refractivity contribution in [1.82, 2.24) is 9.97 Å². The van der Waals surface area contributed by atoms with Gasteiger partial charge in [0.25, 0.3) is 0 Å². The maximum absolute atomic E-state index is 5.88. The van der Waals surface area contributed by atoms with Gasteiger partial charge in [-0.1, -0.05) is 6.42 Å². The number of rotatable bonds is 5. The van der Waals surface area contributed by atoms with Crippen LogP contribution in [0.15, 0.2) is 0 Å². The number of ether oxygens (including phenoxy) is 1. The Hall–Kier alpha value is -1.20. The second kappa shape index (κ2) is 6.06. The number of hydrogen-bond acceptors (Lipinski definition) is 5. The van der Waals surface area contributed by atoms with E-state index in [1.165, 1.54) is 43.4 Å². The molecule has 1 fully saturated rings. The van der Waals surface area contributed by atoms with Crippen LogP contribution in [0.1, 0.15) is 62.2 Å². The Kier molecular flexibility index (Phi) is 4.17. The molecule has 1 atom stereocenters. The molecule has 0 aliphatic heterocycles. The Morgan fingerprint density at radius 3 is 2.75 bits per heavy atom. The number of anilines is 1. The summed E-state index contributed by atoms with van der Waals surface area (Å²) in [6.07, 6.45) is 8.19. The van der Waals surface area contributed by atoms with Gasteiger partial charge in [-0.15, -0.1) is 0 Å². The number of aromatic nitrogens is 2. The molecule has 1 aromatic rings. The lowest BCUT2D eigenvalue weighted by Crippen LogP contribution is -2.18. The van der Waals surface area contributed by atoms with Gasteiger partial charge in [0.2, 0.25) is 0 Å². The second-order valence-corrected chi connectivity index (χ2v) is 5.77. The standard InChI is InChI=1S/C15H24N4O/c1-2-20-13(10-8-9-10)15-17-12-7-5-3-4-6-11(12)14(18-15)19-16/h10,13H,2-9,16H2,1H3,(H,17,18,19). The van der Waals surface area contributed by atoms with Crippen LogP contribution < -0.4 is 11.3 Å². The summed E-state index contributed by atoms with van der Waals surface area (Å²) in [5.41, 5.74) is 5.15. The minimum Gasteiger partial charge on any atom is -0.370 e. The average Bonchev–Trinajstić information content (AvgIpc) is 3.29. The predicted molar refractivity (Wildman–Crippen MR) is 78.2 cm³/mol. The molecule has 5 heteroatoms. The van der Waals surface area contributed by atoms with E-state index in [1.807, 2.05) is 6.92 Å². The SMILES string of the molecule is CCOC(c1nc2c(c(NN)n1)CCCCC2)C1CC1. The molecule has 20 heavy (non-hydrogen) atoms. The van der Waals surface area contributed by atoms with Crippen LogP contribution in [-0.4, -0.2) is 16.6 Å².